The predicted octanol–water partition coefficient (Wildman–Crippen LogP) is 3.56. The summed E-state index contributed by atoms with van der Waals surface area (Å²) in [6.45, 7) is 2.09. The van der Waals surface area contributed by atoms with Crippen LogP contribution in [0.5, 0.6) is 0 Å². The molecule has 0 aliphatic carbocycles. The summed E-state index contributed by atoms with van der Waals surface area (Å²) < 4.78 is 0.919. The number of thiophene rings is 1. The van der Waals surface area contributed by atoms with Crippen molar-refractivity contribution in [1.29, 1.82) is 0 Å². The fraction of sp³-hybridized carbons (Fsp3) is 0.250. The minimum atomic E-state index is 0.206. The van der Waals surface area contributed by atoms with Crippen LogP contribution < -0.4 is 0 Å². The third-order valence-electron chi connectivity index (χ3n) is 1.70. The highest BCUT2D eigenvalue weighted by Gasteiger charge is 2.08. The average molecular weight is 233 g/mol. The lowest BCUT2D eigenvalue weighted by Crippen LogP contribution is -1.81. The van der Waals surface area contributed by atoms with Crippen molar-refractivity contribution < 1.29 is 0 Å². The summed E-state index contributed by atoms with van der Waals surface area (Å²) in [6, 6.07) is 2.00. The second kappa shape index (κ2) is 3.40. The standard InChI is InChI=1S/C8H6Cl2N2S/c1-2-4-3-5-6(13-4)7(9)12-8(10)11-5/h3H,2H2,1H3. The minimum absolute atomic E-state index is 0.206. The number of rotatable bonds is 1. The third-order valence-corrected chi connectivity index (χ3v) is 3.53. The second-order valence-corrected chi connectivity index (χ2v) is 4.40. The monoisotopic (exact) mass is 232 g/mol. The zero-order valence-electron chi connectivity index (χ0n) is 6.84. The number of hydrogen-bond donors (Lipinski definition) is 0. The Kier molecular flexibility index (Phi) is 2.41. The summed E-state index contributed by atoms with van der Waals surface area (Å²) >= 11 is 13.2. The summed E-state index contributed by atoms with van der Waals surface area (Å²) in [5.41, 5.74) is 0.840. The first-order valence-electron chi connectivity index (χ1n) is 3.82. The molecule has 13 heavy (non-hydrogen) atoms. The molecule has 0 saturated carbocycles. The molecule has 0 saturated heterocycles. The lowest BCUT2D eigenvalue weighted by molar-refractivity contribution is 1.18. The summed E-state index contributed by atoms with van der Waals surface area (Å²) in [5.74, 6) is 0. The molecule has 0 fully saturated rings. The van der Waals surface area contributed by atoms with Crippen LogP contribution in [0.1, 0.15) is 11.8 Å². The maximum atomic E-state index is 5.91. The predicted molar refractivity (Wildman–Crippen MR) is 56.8 cm³/mol. The Morgan fingerprint density at radius 2 is 2.15 bits per heavy atom. The Balaban J connectivity index is 2.75. The number of fused-ring (bicyclic) bond motifs is 1. The highest BCUT2D eigenvalue weighted by atomic mass is 35.5. The largest absolute Gasteiger partial charge is 0.224 e. The number of aryl methyl sites for hydroxylation is 1. The molecule has 68 valence electrons. The van der Waals surface area contributed by atoms with Gasteiger partial charge in [-0.1, -0.05) is 18.5 Å². The summed E-state index contributed by atoms with van der Waals surface area (Å²) in [4.78, 5) is 9.21. The van der Waals surface area contributed by atoms with E-state index in [1.165, 1.54) is 4.88 Å². The molecule has 0 radical (unpaired) electrons. The van der Waals surface area contributed by atoms with E-state index < -0.39 is 0 Å². The molecule has 5 heteroatoms. The molecule has 2 nitrogen and oxygen atoms in total. The molecule has 0 atom stereocenters. The fourth-order valence-corrected chi connectivity index (χ4v) is 2.52. The van der Waals surface area contributed by atoms with E-state index in [1.807, 2.05) is 6.07 Å². The van der Waals surface area contributed by atoms with Crippen molar-refractivity contribution in [1.82, 2.24) is 9.97 Å². The summed E-state index contributed by atoms with van der Waals surface area (Å²) in [6.07, 6.45) is 0.981. The van der Waals surface area contributed by atoms with Crippen molar-refractivity contribution in [3.63, 3.8) is 0 Å². The van der Waals surface area contributed by atoms with Crippen LogP contribution in [0.25, 0.3) is 10.2 Å². The van der Waals surface area contributed by atoms with Gasteiger partial charge in [-0.15, -0.1) is 11.3 Å². The van der Waals surface area contributed by atoms with Crippen molar-refractivity contribution in [2.45, 2.75) is 13.3 Å². The van der Waals surface area contributed by atoms with Crippen molar-refractivity contribution in [2.24, 2.45) is 0 Å². The van der Waals surface area contributed by atoms with Gasteiger partial charge in [0.1, 0.15) is 0 Å². The Bertz CT molecular complexity index is 453. The summed E-state index contributed by atoms with van der Waals surface area (Å²) in [5, 5.41) is 0.651. The van der Waals surface area contributed by atoms with Crippen molar-refractivity contribution in [3.8, 4) is 0 Å². The van der Waals surface area contributed by atoms with Crippen molar-refractivity contribution >= 4 is 44.8 Å². The number of halogens is 2. The first-order valence-corrected chi connectivity index (χ1v) is 5.39. The molecule has 0 aromatic carbocycles. The first kappa shape index (κ1) is 9.19. The van der Waals surface area contributed by atoms with E-state index in [-0.39, 0.29) is 5.28 Å². The van der Waals surface area contributed by atoms with Gasteiger partial charge in [-0.05, 0) is 24.1 Å². The molecule has 2 aromatic heterocycles. The molecule has 0 N–H and O–H groups in total. The first-order chi connectivity index (χ1) is 6.20. The zero-order valence-corrected chi connectivity index (χ0v) is 9.17. The molecule has 2 rings (SSSR count). The van der Waals surface area contributed by atoms with Crippen LogP contribution in [0.3, 0.4) is 0 Å². The Hall–Kier alpha value is -0.380. The number of hydrogen-bond acceptors (Lipinski definition) is 3. The van der Waals surface area contributed by atoms with Crippen LogP contribution >= 0.6 is 34.5 Å². The van der Waals surface area contributed by atoms with Gasteiger partial charge in [0.05, 0.1) is 10.2 Å². The Morgan fingerprint density at radius 3 is 2.85 bits per heavy atom. The SMILES string of the molecule is CCc1cc2nc(Cl)nc(Cl)c2s1. The Morgan fingerprint density at radius 1 is 1.38 bits per heavy atom. The topological polar surface area (TPSA) is 25.8 Å². The van der Waals surface area contributed by atoms with Gasteiger partial charge in [-0.2, -0.15) is 0 Å². The second-order valence-electron chi connectivity index (χ2n) is 2.56. The zero-order chi connectivity index (χ0) is 9.42. The molecule has 0 bridgehead atoms. The Labute approximate surface area is 89.5 Å². The quantitative estimate of drug-likeness (QED) is 0.555. The van der Waals surface area contributed by atoms with Crippen LogP contribution in [0, 0.1) is 0 Å². The van der Waals surface area contributed by atoms with Gasteiger partial charge in [-0.3, -0.25) is 0 Å². The lowest BCUT2D eigenvalue weighted by Gasteiger charge is -1.91. The molecule has 0 amide bonds. The van der Waals surface area contributed by atoms with E-state index >= 15 is 0 Å². The molecular weight excluding hydrogens is 227 g/mol. The van der Waals surface area contributed by atoms with Gasteiger partial charge < -0.3 is 0 Å². The average Bonchev–Trinajstić information content (AvgIpc) is 2.47. The smallest absolute Gasteiger partial charge is 0.217 e. The van der Waals surface area contributed by atoms with Gasteiger partial charge in [0.25, 0.3) is 0 Å². The number of aromatic nitrogens is 2. The number of nitrogens with zero attached hydrogens (tertiary/aromatic N) is 2. The van der Waals surface area contributed by atoms with Crippen molar-refractivity contribution in [2.75, 3.05) is 0 Å². The van der Waals surface area contributed by atoms with Gasteiger partial charge >= 0.3 is 0 Å². The molecule has 0 aliphatic rings. The maximum absolute atomic E-state index is 5.91. The van der Waals surface area contributed by atoms with E-state index in [1.54, 1.807) is 11.3 Å². The van der Waals surface area contributed by atoms with E-state index in [2.05, 4.69) is 16.9 Å². The molecule has 2 aromatic rings. The molecule has 0 spiro atoms. The molecule has 0 unspecified atom stereocenters. The van der Waals surface area contributed by atoms with Gasteiger partial charge in [-0.25, -0.2) is 9.97 Å². The normalized spacial score (nSPS) is 11.0. The van der Waals surface area contributed by atoms with Crippen LogP contribution in [-0.2, 0) is 6.42 Å². The van der Waals surface area contributed by atoms with Gasteiger partial charge in [0.2, 0.25) is 5.28 Å². The van der Waals surface area contributed by atoms with E-state index in [0.29, 0.717) is 5.15 Å². The van der Waals surface area contributed by atoms with E-state index in [4.69, 9.17) is 23.2 Å². The molecule has 0 aliphatic heterocycles. The third kappa shape index (κ3) is 1.64. The molecule has 2 heterocycles. The fourth-order valence-electron chi connectivity index (χ4n) is 1.09. The van der Waals surface area contributed by atoms with E-state index in [0.717, 1.165) is 16.6 Å². The van der Waals surface area contributed by atoms with Crippen LogP contribution in [0.4, 0.5) is 0 Å². The summed E-state index contributed by atoms with van der Waals surface area (Å²) in [7, 11) is 0. The van der Waals surface area contributed by atoms with E-state index in [9.17, 15) is 0 Å². The minimum Gasteiger partial charge on any atom is -0.217 e. The van der Waals surface area contributed by atoms with Crippen LogP contribution in [0.2, 0.25) is 10.4 Å². The molecular formula is C8H6Cl2N2S. The van der Waals surface area contributed by atoms with Crippen LogP contribution in [0.15, 0.2) is 6.07 Å². The van der Waals surface area contributed by atoms with Crippen LogP contribution in [-0.4, -0.2) is 9.97 Å². The maximum Gasteiger partial charge on any atom is 0.224 e. The van der Waals surface area contributed by atoms with Crippen molar-refractivity contribution in [3.05, 3.63) is 21.4 Å². The highest BCUT2D eigenvalue weighted by Crippen LogP contribution is 2.30. The lowest BCUT2D eigenvalue weighted by atomic mass is 10.3. The van der Waals surface area contributed by atoms with Gasteiger partial charge in [0.15, 0.2) is 5.15 Å². The highest BCUT2D eigenvalue weighted by molar-refractivity contribution is 7.19. The van der Waals surface area contributed by atoms with Gasteiger partial charge in [0, 0.05) is 4.88 Å².